The topological polar surface area (TPSA) is 105 Å². The van der Waals surface area contributed by atoms with Gasteiger partial charge in [-0.3, -0.25) is 13.9 Å². The van der Waals surface area contributed by atoms with Gasteiger partial charge in [0, 0.05) is 12.6 Å². The third kappa shape index (κ3) is 7.84. The fourth-order valence-electron chi connectivity index (χ4n) is 4.05. The van der Waals surface area contributed by atoms with E-state index < -0.39 is 34.4 Å². The maximum absolute atomic E-state index is 14.0. The molecule has 220 valence electrons. The molecule has 0 aliphatic carbocycles. The number of rotatable bonds is 12. The molecular weight excluding hydrogens is 589 g/mol. The van der Waals surface area contributed by atoms with Gasteiger partial charge in [-0.05, 0) is 74.9 Å². The molecule has 0 radical (unpaired) electrons. The minimum atomic E-state index is -4.28. The zero-order valence-corrected chi connectivity index (χ0v) is 25.8. The Hall–Kier alpha value is -3.47. The maximum Gasteiger partial charge on any atom is 0.264 e. The number of methoxy groups -OCH3 is 2. The number of anilines is 1. The first-order chi connectivity index (χ1) is 19.4. The summed E-state index contributed by atoms with van der Waals surface area (Å²) >= 11 is 12.3. The monoisotopic (exact) mass is 621 g/mol. The molecule has 1 atom stereocenters. The number of carbonyl (C=O) groups is 2. The van der Waals surface area contributed by atoms with Crippen molar-refractivity contribution in [3.8, 4) is 11.5 Å². The molecule has 0 saturated carbocycles. The fourth-order valence-corrected chi connectivity index (χ4v) is 5.79. The first-order valence-electron chi connectivity index (χ1n) is 12.7. The SMILES string of the molecule is COc1ccc(S(=O)(=O)N(CC(=O)N(Cc2ccc(Cl)c(Cl)c2)C(C)C(=O)NC(C)C)c2ccccc2OC)cc1. The predicted molar refractivity (Wildman–Crippen MR) is 160 cm³/mol. The summed E-state index contributed by atoms with van der Waals surface area (Å²) in [6.07, 6.45) is 0. The van der Waals surface area contributed by atoms with Crippen molar-refractivity contribution in [3.05, 3.63) is 82.3 Å². The van der Waals surface area contributed by atoms with Gasteiger partial charge in [-0.1, -0.05) is 41.4 Å². The van der Waals surface area contributed by atoms with E-state index in [1.54, 1.807) is 63.2 Å². The molecule has 0 bridgehead atoms. The average Bonchev–Trinajstić information content (AvgIpc) is 2.95. The van der Waals surface area contributed by atoms with Crippen LogP contribution < -0.4 is 19.1 Å². The number of nitrogens with zero attached hydrogens (tertiary/aromatic N) is 2. The predicted octanol–water partition coefficient (Wildman–Crippen LogP) is 5.15. The van der Waals surface area contributed by atoms with Crippen LogP contribution in [0.5, 0.6) is 11.5 Å². The Morgan fingerprint density at radius 1 is 0.902 bits per heavy atom. The van der Waals surface area contributed by atoms with Gasteiger partial charge in [-0.25, -0.2) is 8.42 Å². The number of benzene rings is 3. The van der Waals surface area contributed by atoms with Crippen molar-refractivity contribution in [1.82, 2.24) is 10.2 Å². The largest absolute Gasteiger partial charge is 0.497 e. The van der Waals surface area contributed by atoms with Crippen LogP contribution in [0.15, 0.2) is 71.6 Å². The zero-order chi connectivity index (χ0) is 30.3. The minimum absolute atomic E-state index is 0.0231. The smallest absolute Gasteiger partial charge is 0.264 e. The highest BCUT2D eigenvalue weighted by molar-refractivity contribution is 7.92. The van der Waals surface area contributed by atoms with E-state index in [2.05, 4.69) is 5.32 Å². The lowest BCUT2D eigenvalue weighted by Gasteiger charge is -2.32. The van der Waals surface area contributed by atoms with Gasteiger partial charge in [0.2, 0.25) is 11.8 Å². The molecule has 0 aliphatic heterocycles. The number of para-hydroxylation sites is 2. The summed E-state index contributed by atoms with van der Waals surface area (Å²) in [5.74, 6) is -0.290. The Bertz CT molecular complexity index is 1480. The highest BCUT2D eigenvalue weighted by Gasteiger charge is 2.34. The molecule has 0 spiro atoms. The summed E-state index contributed by atoms with van der Waals surface area (Å²) < 4.78 is 39.6. The van der Waals surface area contributed by atoms with Crippen LogP contribution in [0.25, 0.3) is 0 Å². The second-order valence-electron chi connectivity index (χ2n) is 9.47. The van der Waals surface area contributed by atoms with Gasteiger partial charge < -0.3 is 19.7 Å². The Morgan fingerprint density at radius 3 is 2.15 bits per heavy atom. The standard InChI is InChI=1S/C29H33Cl2N3O6S/c1-19(2)32-29(36)20(3)33(17-21-10-15-24(30)25(31)16-21)28(35)18-34(26-8-6-7-9-27(26)40-5)41(37,38)23-13-11-22(39-4)12-14-23/h6-16,19-20H,17-18H2,1-5H3,(H,32,36). The maximum atomic E-state index is 14.0. The zero-order valence-electron chi connectivity index (χ0n) is 23.4. The number of amides is 2. The third-order valence-corrected chi connectivity index (χ3v) is 8.73. The van der Waals surface area contributed by atoms with Crippen LogP contribution in [0.2, 0.25) is 10.0 Å². The molecule has 12 heteroatoms. The fraction of sp³-hybridized carbons (Fsp3) is 0.310. The van der Waals surface area contributed by atoms with Crippen LogP contribution in [0, 0.1) is 0 Å². The molecule has 2 amide bonds. The molecule has 1 N–H and O–H groups in total. The molecule has 41 heavy (non-hydrogen) atoms. The van der Waals surface area contributed by atoms with Gasteiger partial charge in [0.15, 0.2) is 0 Å². The Balaban J connectivity index is 2.08. The molecule has 9 nitrogen and oxygen atoms in total. The lowest BCUT2D eigenvalue weighted by Crippen LogP contribution is -2.52. The lowest BCUT2D eigenvalue weighted by molar-refractivity contribution is -0.139. The second-order valence-corrected chi connectivity index (χ2v) is 12.1. The van der Waals surface area contributed by atoms with E-state index in [1.165, 1.54) is 43.4 Å². The van der Waals surface area contributed by atoms with E-state index in [-0.39, 0.29) is 33.9 Å². The van der Waals surface area contributed by atoms with Gasteiger partial charge in [0.1, 0.15) is 24.1 Å². The van der Waals surface area contributed by atoms with E-state index in [9.17, 15) is 18.0 Å². The van der Waals surface area contributed by atoms with Crippen LogP contribution in [-0.4, -0.2) is 58.0 Å². The number of sulfonamides is 1. The molecule has 3 rings (SSSR count). The summed E-state index contributed by atoms with van der Waals surface area (Å²) in [7, 11) is -1.39. The quantitative estimate of drug-likeness (QED) is 0.300. The molecule has 1 unspecified atom stereocenters. The van der Waals surface area contributed by atoms with Crippen molar-refractivity contribution in [2.45, 2.75) is 44.3 Å². The van der Waals surface area contributed by atoms with Crippen molar-refractivity contribution in [2.75, 3.05) is 25.1 Å². The van der Waals surface area contributed by atoms with Crippen LogP contribution in [0.3, 0.4) is 0 Å². The Kier molecular flexibility index (Phi) is 10.9. The molecule has 0 aliphatic rings. The molecule has 0 fully saturated rings. The lowest BCUT2D eigenvalue weighted by atomic mass is 10.1. The second kappa shape index (κ2) is 13.9. The van der Waals surface area contributed by atoms with Crippen LogP contribution >= 0.6 is 23.2 Å². The summed E-state index contributed by atoms with van der Waals surface area (Å²) in [6.45, 7) is 4.56. The van der Waals surface area contributed by atoms with E-state index in [4.69, 9.17) is 32.7 Å². The Morgan fingerprint density at radius 2 is 1.56 bits per heavy atom. The van der Waals surface area contributed by atoms with Crippen molar-refractivity contribution < 1.29 is 27.5 Å². The highest BCUT2D eigenvalue weighted by Crippen LogP contribution is 2.33. The van der Waals surface area contributed by atoms with E-state index in [0.717, 1.165) is 4.31 Å². The van der Waals surface area contributed by atoms with Gasteiger partial charge in [-0.2, -0.15) is 0 Å². The van der Waals surface area contributed by atoms with Gasteiger partial charge in [0.25, 0.3) is 10.0 Å². The molecule has 3 aromatic carbocycles. The van der Waals surface area contributed by atoms with Crippen molar-refractivity contribution >= 4 is 50.7 Å². The average molecular weight is 623 g/mol. The number of carbonyl (C=O) groups excluding carboxylic acids is 2. The van der Waals surface area contributed by atoms with Crippen molar-refractivity contribution in [3.63, 3.8) is 0 Å². The summed E-state index contributed by atoms with van der Waals surface area (Å²) in [4.78, 5) is 28.3. The first kappa shape index (κ1) is 32.0. The molecule has 0 heterocycles. The summed E-state index contributed by atoms with van der Waals surface area (Å²) in [6, 6.07) is 16.1. The number of hydrogen-bond acceptors (Lipinski definition) is 6. The van der Waals surface area contributed by atoms with E-state index in [0.29, 0.717) is 16.3 Å². The van der Waals surface area contributed by atoms with Crippen molar-refractivity contribution in [2.24, 2.45) is 0 Å². The number of nitrogens with one attached hydrogen (secondary N) is 1. The van der Waals surface area contributed by atoms with Crippen molar-refractivity contribution in [1.29, 1.82) is 0 Å². The number of halogens is 2. The third-order valence-electron chi connectivity index (χ3n) is 6.22. The highest BCUT2D eigenvalue weighted by atomic mass is 35.5. The van der Waals surface area contributed by atoms with E-state index in [1.807, 2.05) is 0 Å². The van der Waals surface area contributed by atoms with Gasteiger partial charge in [0.05, 0.1) is 34.8 Å². The van der Waals surface area contributed by atoms with Crippen LogP contribution in [0.1, 0.15) is 26.3 Å². The Labute approximate surface area is 251 Å². The van der Waals surface area contributed by atoms with Gasteiger partial charge in [-0.15, -0.1) is 0 Å². The number of hydrogen-bond donors (Lipinski definition) is 1. The molecule has 0 aromatic heterocycles. The molecule has 3 aromatic rings. The van der Waals surface area contributed by atoms with Crippen LogP contribution in [0.4, 0.5) is 5.69 Å². The first-order valence-corrected chi connectivity index (χ1v) is 14.9. The summed E-state index contributed by atoms with van der Waals surface area (Å²) in [5.41, 5.74) is 0.770. The van der Waals surface area contributed by atoms with Crippen LogP contribution in [-0.2, 0) is 26.2 Å². The van der Waals surface area contributed by atoms with E-state index >= 15 is 0 Å². The minimum Gasteiger partial charge on any atom is -0.497 e. The van der Waals surface area contributed by atoms with Gasteiger partial charge >= 0.3 is 0 Å². The molecule has 0 saturated heterocycles. The summed E-state index contributed by atoms with van der Waals surface area (Å²) in [5, 5.41) is 3.44. The number of ether oxygens (including phenoxy) is 2. The normalized spacial score (nSPS) is 12.0. The molecular formula is C29H33Cl2N3O6S.